The molecule has 0 aromatic carbocycles. The summed E-state index contributed by atoms with van der Waals surface area (Å²) in [6.45, 7) is 3.66. The lowest BCUT2D eigenvalue weighted by Gasteiger charge is -2.35. The molecule has 0 spiro atoms. The summed E-state index contributed by atoms with van der Waals surface area (Å²) in [6, 6.07) is 5.84. The second-order valence-corrected chi connectivity index (χ2v) is 6.66. The standard InChI is InChI=1S/C18H27N5O3/c19-13-14-4-5-15(26-14)18(25)21-8-6-17(24)23-11-9-22(10-12-23)16-3-1-2-7-20-16/h1-3,7,14-15H,4-6,8-13,19H2,(H,21,25)/t14-,15+/m1/s1. The summed E-state index contributed by atoms with van der Waals surface area (Å²) in [4.78, 5) is 32.8. The third-order valence-electron chi connectivity index (χ3n) is 4.91. The van der Waals surface area contributed by atoms with Crippen LogP contribution in [0.15, 0.2) is 24.4 Å². The van der Waals surface area contributed by atoms with Crippen LogP contribution >= 0.6 is 0 Å². The Kier molecular flexibility index (Phi) is 6.40. The van der Waals surface area contributed by atoms with Gasteiger partial charge < -0.3 is 25.6 Å². The maximum atomic E-state index is 12.3. The molecular formula is C18H27N5O3. The van der Waals surface area contributed by atoms with E-state index < -0.39 is 6.10 Å². The predicted octanol–water partition coefficient (Wildman–Crippen LogP) is -0.257. The summed E-state index contributed by atoms with van der Waals surface area (Å²) in [7, 11) is 0. The summed E-state index contributed by atoms with van der Waals surface area (Å²) >= 11 is 0. The topological polar surface area (TPSA) is 101 Å². The Bertz CT molecular complexity index is 604. The molecule has 0 unspecified atom stereocenters. The van der Waals surface area contributed by atoms with Crippen LogP contribution in [0.1, 0.15) is 19.3 Å². The van der Waals surface area contributed by atoms with Crippen LogP contribution in [-0.2, 0) is 14.3 Å². The first-order valence-electron chi connectivity index (χ1n) is 9.24. The second-order valence-electron chi connectivity index (χ2n) is 6.66. The largest absolute Gasteiger partial charge is 0.364 e. The number of carbonyl (C=O) groups is 2. The van der Waals surface area contributed by atoms with E-state index in [1.165, 1.54) is 0 Å². The Hall–Kier alpha value is -2.19. The number of piperazine rings is 1. The zero-order valence-electron chi connectivity index (χ0n) is 15.0. The summed E-state index contributed by atoms with van der Waals surface area (Å²) in [5, 5.41) is 2.80. The number of aromatic nitrogens is 1. The molecule has 8 nitrogen and oxygen atoms in total. The van der Waals surface area contributed by atoms with Crippen molar-refractivity contribution in [1.82, 2.24) is 15.2 Å². The lowest BCUT2D eigenvalue weighted by molar-refractivity contribution is -0.133. The fourth-order valence-corrected chi connectivity index (χ4v) is 3.36. The lowest BCUT2D eigenvalue weighted by atomic mass is 10.2. The van der Waals surface area contributed by atoms with Gasteiger partial charge in [-0.25, -0.2) is 4.98 Å². The molecule has 8 heteroatoms. The molecule has 0 saturated carbocycles. The number of pyridine rings is 1. The van der Waals surface area contributed by atoms with Crippen LogP contribution in [0.2, 0.25) is 0 Å². The Morgan fingerprint density at radius 3 is 2.69 bits per heavy atom. The van der Waals surface area contributed by atoms with Gasteiger partial charge in [0, 0.05) is 51.9 Å². The first-order chi connectivity index (χ1) is 12.7. The fourth-order valence-electron chi connectivity index (χ4n) is 3.36. The third kappa shape index (κ3) is 4.70. The highest BCUT2D eigenvalue weighted by molar-refractivity contribution is 5.82. The Labute approximate surface area is 153 Å². The van der Waals surface area contributed by atoms with E-state index in [2.05, 4.69) is 15.2 Å². The van der Waals surface area contributed by atoms with E-state index in [9.17, 15) is 9.59 Å². The van der Waals surface area contributed by atoms with Gasteiger partial charge in [0.1, 0.15) is 11.9 Å². The van der Waals surface area contributed by atoms with Crippen LogP contribution in [0.3, 0.4) is 0 Å². The molecule has 3 heterocycles. The molecule has 0 aliphatic carbocycles. The van der Waals surface area contributed by atoms with Crippen molar-refractivity contribution >= 4 is 17.6 Å². The maximum absolute atomic E-state index is 12.3. The van der Waals surface area contributed by atoms with Gasteiger partial charge in [0.25, 0.3) is 0 Å². The number of ether oxygens (including phenoxy) is 1. The van der Waals surface area contributed by atoms with E-state index in [0.717, 1.165) is 25.3 Å². The number of anilines is 1. The van der Waals surface area contributed by atoms with Gasteiger partial charge in [0.05, 0.1) is 6.10 Å². The number of carbonyl (C=O) groups excluding carboxylic acids is 2. The number of amides is 2. The summed E-state index contributed by atoms with van der Waals surface area (Å²) < 4.78 is 5.56. The molecule has 2 amide bonds. The number of rotatable bonds is 6. The Morgan fingerprint density at radius 2 is 2.04 bits per heavy atom. The number of nitrogens with one attached hydrogen (secondary N) is 1. The van der Waals surface area contributed by atoms with Gasteiger partial charge in [-0.15, -0.1) is 0 Å². The molecule has 2 atom stereocenters. The number of nitrogens with two attached hydrogens (primary N) is 1. The Balaban J connectivity index is 1.35. The number of nitrogens with zero attached hydrogens (tertiary/aromatic N) is 3. The second kappa shape index (κ2) is 8.95. The van der Waals surface area contributed by atoms with Crippen LogP contribution in [0.25, 0.3) is 0 Å². The van der Waals surface area contributed by atoms with Crippen molar-refractivity contribution in [3.8, 4) is 0 Å². The molecule has 0 bridgehead atoms. The maximum Gasteiger partial charge on any atom is 0.249 e. The molecule has 0 radical (unpaired) electrons. The molecule has 26 heavy (non-hydrogen) atoms. The molecule has 2 aliphatic heterocycles. The highest BCUT2D eigenvalue weighted by Gasteiger charge is 2.29. The number of hydrogen-bond donors (Lipinski definition) is 2. The molecule has 2 saturated heterocycles. The molecule has 1 aromatic rings. The number of hydrogen-bond acceptors (Lipinski definition) is 6. The molecule has 2 aliphatic rings. The minimum atomic E-state index is -0.430. The zero-order chi connectivity index (χ0) is 18.4. The highest BCUT2D eigenvalue weighted by Crippen LogP contribution is 2.18. The average molecular weight is 361 g/mol. The van der Waals surface area contributed by atoms with Crippen molar-refractivity contribution in [2.75, 3.05) is 44.2 Å². The van der Waals surface area contributed by atoms with Crippen LogP contribution in [0, 0.1) is 0 Å². The summed E-state index contributed by atoms with van der Waals surface area (Å²) in [6.07, 6.45) is 3.13. The van der Waals surface area contributed by atoms with Gasteiger partial charge in [0.15, 0.2) is 0 Å². The molecule has 142 valence electrons. The molecular weight excluding hydrogens is 334 g/mol. The van der Waals surface area contributed by atoms with Gasteiger partial charge in [-0.3, -0.25) is 9.59 Å². The van der Waals surface area contributed by atoms with Gasteiger partial charge in [-0.05, 0) is 25.0 Å². The van der Waals surface area contributed by atoms with E-state index in [0.29, 0.717) is 39.0 Å². The van der Waals surface area contributed by atoms with E-state index in [-0.39, 0.29) is 17.9 Å². The van der Waals surface area contributed by atoms with E-state index in [1.807, 2.05) is 23.1 Å². The molecule has 3 N–H and O–H groups in total. The minimum absolute atomic E-state index is 0.0252. The van der Waals surface area contributed by atoms with E-state index in [4.69, 9.17) is 10.5 Å². The lowest BCUT2D eigenvalue weighted by Crippen LogP contribution is -2.49. The smallest absolute Gasteiger partial charge is 0.249 e. The monoisotopic (exact) mass is 361 g/mol. The van der Waals surface area contributed by atoms with Crippen LogP contribution < -0.4 is 16.0 Å². The summed E-state index contributed by atoms with van der Waals surface area (Å²) in [5.41, 5.74) is 5.55. The van der Waals surface area contributed by atoms with Gasteiger partial charge in [-0.2, -0.15) is 0 Å². The predicted molar refractivity (Wildman–Crippen MR) is 97.6 cm³/mol. The SMILES string of the molecule is NC[C@H]1CC[C@@H](C(=O)NCCC(=O)N2CCN(c3ccccn3)CC2)O1. The van der Waals surface area contributed by atoms with Gasteiger partial charge >= 0.3 is 0 Å². The van der Waals surface area contributed by atoms with Crippen molar-refractivity contribution in [3.63, 3.8) is 0 Å². The van der Waals surface area contributed by atoms with E-state index in [1.54, 1.807) is 6.20 Å². The van der Waals surface area contributed by atoms with Crippen LogP contribution in [0.4, 0.5) is 5.82 Å². The van der Waals surface area contributed by atoms with Crippen molar-refractivity contribution in [1.29, 1.82) is 0 Å². The van der Waals surface area contributed by atoms with Crippen molar-refractivity contribution < 1.29 is 14.3 Å². The quantitative estimate of drug-likeness (QED) is 0.724. The van der Waals surface area contributed by atoms with Crippen molar-refractivity contribution in [2.24, 2.45) is 5.73 Å². The summed E-state index contributed by atoms with van der Waals surface area (Å²) in [5.74, 6) is 0.867. The van der Waals surface area contributed by atoms with Crippen molar-refractivity contribution in [3.05, 3.63) is 24.4 Å². The minimum Gasteiger partial charge on any atom is -0.364 e. The molecule has 1 aromatic heterocycles. The normalized spacial score (nSPS) is 23.1. The molecule has 2 fully saturated rings. The molecule has 3 rings (SSSR count). The van der Waals surface area contributed by atoms with Gasteiger partial charge in [0.2, 0.25) is 11.8 Å². The van der Waals surface area contributed by atoms with Crippen molar-refractivity contribution in [2.45, 2.75) is 31.5 Å². The van der Waals surface area contributed by atoms with Gasteiger partial charge in [-0.1, -0.05) is 6.07 Å². The third-order valence-corrected chi connectivity index (χ3v) is 4.91. The van der Waals surface area contributed by atoms with Crippen LogP contribution in [0.5, 0.6) is 0 Å². The van der Waals surface area contributed by atoms with Crippen LogP contribution in [-0.4, -0.2) is 73.2 Å². The zero-order valence-corrected chi connectivity index (χ0v) is 15.0. The fraction of sp³-hybridized carbons (Fsp3) is 0.611. The average Bonchev–Trinajstić information content (AvgIpc) is 3.18. The first kappa shape index (κ1) is 18.6. The first-order valence-corrected chi connectivity index (χ1v) is 9.24. The van der Waals surface area contributed by atoms with E-state index >= 15 is 0 Å². The highest BCUT2D eigenvalue weighted by atomic mass is 16.5. The Morgan fingerprint density at radius 1 is 1.23 bits per heavy atom.